The molecule has 0 aliphatic heterocycles. The predicted molar refractivity (Wildman–Crippen MR) is 99.8 cm³/mol. The number of carbonyl (C=O) groups excluding carboxylic acids is 2. The summed E-state index contributed by atoms with van der Waals surface area (Å²) in [6, 6.07) is 17.2. The van der Waals surface area contributed by atoms with Gasteiger partial charge in [-0.05, 0) is 31.5 Å². The van der Waals surface area contributed by atoms with E-state index >= 15 is 0 Å². The number of carbonyl (C=O) groups is 2. The lowest BCUT2D eigenvalue weighted by molar-refractivity contribution is -0.144. The van der Waals surface area contributed by atoms with E-state index in [2.05, 4.69) is 0 Å². The normalized spacial score (nSPS) is 10.2. The molecule has 1 amide bonds. The Hall–Kier alpha value is -2.82. The Morgan fingerprint density at radius 2 is 1.69 bits per heavy atom. The van der Waals surface area contributed by atoms with Crippen LogP contribution in [0.4, 0.5) is 0 Å². The summed E-state index contributed by atoms with van der Waals surface area (Å²) >= 11 is 0. The van der Waals surface area contributed by atoms with Crippen LogP contribution in [0.5, 0.6) is 5.75 Å². The molecular formula is C21H25NO4. The van der Waals surface area contributed by atoms with Gasteiger partial charge in [-0.1, -0.05) is 48.0 Å². The molecular weight excluding hydrogens is 330 g/mol. The molecule has 0 spiro atoms. The lowest BCUT2D eigenvalue weighted by Gasteiger charge is -2.22. The number of rotatable bonds is 9. The number of amides is 1. The van der Waals surface area contributed by atoms with E-state index in [1.807, 2.05) is 61.5 Å². The van der Waals surface area contributed by atoms with Crippen molar-refractivity contribution in [2.45, 2.75) is 26.8 Å². The molecule has 0 unspecified atom stereocenters. The average molecular weight is 355 g/mol. The van der Waals surface area contributed by atoms with E-state index in [0.717, 1.165) is 11.1 Å². The smallest absolute Gasteiger partial charge is 0.307 e. The van der Waals surface area contributed by atoms with Crippen molar-refractivity contribution in [3.63, 3.8) is 0 Å². The summed E-state index contributed by atoms with van der Waals surface area (Å²) in [6.45, 7) is 4.74. The third kappa shape index (κ3) is 6.59. The Morgan fingerprint density at radius 1 is 1.00 bits per heavy atom. The molecule has 2 rings (SSSR count). The van der Waals surface area contributed by atoms with Gasteiger partial charge in [0.15, 0.2) is 6.61 Å². The number of nitrogens with zero attached hydrogens (tertiary/aromatic N) is 1. The van der Waals surface area contributed by atoms with Gasteiger partial charge in [0.1, 0.15) is 5.75 Å². The quantitative estimate of drug-likeness (QED) is 0.647. The molecule has 0 saturated carbocycles. The van der Waals surface area contributed by atoms with Gasteiger partial charge >= 0.3 is 5.97 Å². The van der Waals surface area contributed by atoms with Crippen molar-refractivity contribution in [1.82, 2.24) is 4.90 Å². The van der Waals surface area contributed by atoms with Crippen molar-refractivity contribution in [3.8, 4) is 5.75 Å². The second-order valence-electron chi connectivity index (χ2n) is 5.96. The maximum atomic E-state index is 12.6. The van der Waals surface area contributed by atoms with Crippen molar-refractivity contribution >= 4 is 11.9 Å². The summed E-state index contributed by atoms with van der Waals surface area (Å²) in [6.07, 6.45) is 0.164. The van der Waals surface area contributed by atoms with Gasteiger partial charge in [0, 0.05) is 13.1 Å². The van der Waals surface area contributed by atoms with Gasteiger partial charge in [-0.15, -0.1) is 0 Å². The predicted octanol–water partition coefficient (Wildman–Crippen LogP) is 3.36. The maximum Gasteiger partial charge on any atom is 0.307 e. The summed E-state index contributed by atoms with van der Waals surface area (Å²) in [4.78, 5) is 25.9. The lowest BCUT2D eigenvalue weighted by Crippen LogP contribution is -2.36. The van der Waals surface area contributed by atoms with E-state index in [4.69, 9.17) is 9.47 Å². The Labute approximate surface area is 154 Å². The largest absolute Gasteiger partial charge is 0.484 e. The van der Waals surface area contributed by atoms with Gasteiger partial charge in [0.2, 0.25) is 0 Å². The molecule has 0 aliphatic carbocycles. The van der Waals surface area contributed by atoms with E-state index in [-0.39, 0.29) is 24.9 Å². The van der Waals surface area contributed by atoms with Crippen LogP contribution >= 0.6 is 0 Å². The van der Waals surface area contributed by atoms with Crippen LogP contribution in [0, 0.1) is 6.92 Å². The van der Waals surface area contributed by atoms with Gasteiger partial charge in [-0.25, -0.2) is 0 Å². The zero-order chi connectivity index (χ0) is 18.8. The highest BCUT2D eigenvalue weighted by atomic mass is 16.5. The van der Waals surface area contributed by atoms with E-state index in [1.165, 1.54) is 0 Å². The Morgan fingerprint density at radius 3 is 2.35 bits per heavy atom. The first-order chi connectivity index (χ1) is 12.6. The number of aryl methyl sites for hydroxylation is 1. The highest BCUT2D eigenvalue weighted by molar-refractivity contribution is 5.78. The topological polar surface area (TPSA) is 55.8 Å². The molecule has 138 valence electrons. The van der Waals surface area contributed by atoms with Crippen LogP contribution in [0.2, 0.25) is 0 Å². The minimum Gasteiger partial charge on any atom is -0.484 e. The molecule has 5 heteroatoms. The standard InChI is InChI=1S/C21H25NO4/c1-3-25-21(24)13-14-22(15-18-7-5-4-6-8-18)20(23)16-26-19-11-9-17(2)10-12-19/h4-12H,3,13-16H2,1-2H3. The molecule has 2 aromatic carbocycles. The second-order valence-corrected chi connectivity index (χ2v) is 5.96. The van der Waals surface area contributed by atoms with Gasteiger partial charge in [-0.2, -0.15) is 0 Å². The molecule has 0 N–H and O–H groups in total. The molecule has 5 nitrogen and oxygen atoms in total. The van der Waals surface area contributed by atoms with Crippen LogP contribution in [0.25, 0.3) is 0 Å². The Balaban J connectivity index is 1.97. The summed E-state index contributed by atoms with van der Waals surface area (Å²) < 4.78 is 10.5. The molecule has 2 aromatic rings. The van der Waals surface area contributed by atoms with Gasteiger partial charge in [-0.3, -0.25) is 9.59 Å². The van der Waals surface area contributed by atoms with Crippen LogP contribution in [0.3, 0.4) is 0 Å². The average Bonchev–Trinajstić information content (AvgIpc) is 2.65. The van der Waals surface area contributed by atoms with E-state index in [1.54, 1.807) is 11.8 Å². The van der Waals surface area contributed by atoms with Crippen molar-refractivity contribution < 1.29 is 19.1 Å². The molecule has 0 fully saturated rings. The van der Waals surface area contributed by atoms with E-state index in [9.17, 15) is 9.59 Å². The van der Waals surface area contributed by atoms with Crippen LogP contribution < -0.4 is 4.74 Å². The molecule has 0 aromatic heterocycles. The number of hydrogen-bond donors (Lipinski definition) is 0. The summed E-state index contributed by atoms with van der Waals surface area (Å²) in [5.41, 5.74) is 2.13. The maximum absolute atomic E-state index is 12.6. The minimum atomic E-state index is -0.308. The molecule has 0 saturated heterocycles. The molecule has 0 aliphatic rings. The van der Waals surface area contributed by atoms with E-state index < -0.39 is 0 Å². The zero-order valence-electron chi connectivity index (χ0n) is 15.3. The van der Waals surface area contributed by atoms with Gasteiger partial charge in [0.25, 0.3) is 5.91 Å². The summed E-state index contributed by atoms with van der Waals surface area (Å²) in [5.74, 6) is 0.172. The highest BCUT2D eigenvalue weighted by Gasteiger charge is 2.16. The van der Waals surface area contributed by atoms with Crippen LogP contribution in [0.1, 0.15) is 24.5 Å². The summed E-state index contributed by atoms with van der Waals surface area (Å²) in [7, 11) is 0. The Bertz CT molecular complexity index is 698. The van der Waals surface area contributed by atoms with Crippen LogP contribution in [-0.2, 0) is 20.9 Å². The highest BCUT2D eigenvalue weighted by Crippen LogP contribution is 2.12. The van der Waals surface area contributed by atoms with Crippen LogP contribution in [-0.4, -0.2) is 36.5 Å². The fourth-order valence-corrected chi connectivity index (χ4v) is 2.43. The van der Waals surface area contributed by atoms with Crippen molar-refractivity contribution in [3.05, 3.63) is 65.7 Å². The van der Waals surface area contributed by atoms with Crippen molar-refractivity contribution in [2.24, 2.45) is 0 Å². The molecule has 0 heterocycles. The number of esters is 1. The van der Waals surface area contributed by atoms with Gasteiger partial charge < -0.3 is 14.4 Å². The first-order valence-electron chi connectivity index (χ1n) is 8.75. The monoisotopic (exact) mass is 355 g/mol. The third-order valence-corrected chi connectivity index (χ3v) is 3.84. The number of hydrogen-bond acceptors (Lipinski definition) is 4. The fraction of sp³-hybridized carbons (Fsp3) is 0.333. The van der Waals surface area contributed by atoms with E-state index in [0.29, 0.717) is 25.4 Å². The minimum absolute atomic E-state index is 0.0707. The third-order valence-electron chi connectivity index (χ3n) is 3.84. The van der Waals surface area contributed by atoms with Crippen molar-refractivity contribution in [2.75, 3.05) is 19.8 Å². The lowest BCUT2D eigenvalue weighted by atomic mass is 10.2. The van der Waals surface area contributed by atoms with Crippen LogP contribution in [0.15, 0.2) is 54.6 Å². The SMILES string of the molecule is CCOC(=O)CCN(Cc1ccccc1)C(=O)COc1ccc(C)cc1. The zero-order valence-corrected chi connectivity index (χ0v) is 15.3. The molecule has 0 atom stereocenters. The fourth-order valence-electron chi connectivity index (χ4n) is 2.43. The number of benzene rings is 2. The van der Waals surface area contributed by atoms with Crippen molar-refractivity contribution in [1.29, 1.82) is 0 Å². The molecule has 0 bridgehead atoms. The van der Waals surface area contributed by atoms with Gasteiger partial charge in [0.05, 0.1) is 13.0 Å². The molecule has 26 heavy (non-hydrogen) atoms. The second kappa shape index (κ2) is 10.2. The first-order valence-corrected chi connectivity index (χ1v) is 8.75. The first kappa shape index (κ1) is 19.5. The Kier molecular flexibility index (Phi) is 7.68. The number of ether oxygens (including phenoxy) is 2. The molecule has 0 radical (unpaired) electrons. The summed E-state index contributed by atoms with van der Waals surface area (Å²) in [5, 5.41) is 0.